The first-order valence-corrected chi connectivity index (χ1v) is 8.63. The van der Waals surface area contributed by atoms with Crippen molar-refractivity contribution in [3.05, 3.63) is 48.0 Å². The molecule has 0 aliphatic heterocycles. The summed E-state index contributed by atoms with van der Waals surface area (Å²) >= 11 is 0. The first-order chi connectivity index (χ1) is 12.6. The molecular formula is C20H23N3O3. The lowest BCUT2D eigenvalue weighted by Gasteiger charge is -2.13. The van der Waals surface area contributed by atoms with E-state index in [1.165, 1.54) is 0 Å². The average molecular weight is 353 g/mol. The van der Waals surface area contributed by atoms with Crippen LogP contribution in [-0.2, 0) is 0 Å². The van der Waals surface area contributed by atoms with E-state index in [-0.39, 0.29) is 5.91 Å². The normalized spacial score (nSPS) is 10.9. The number of aromatic amines is 1. The standard InChI is InChI=1S/C20H23N3O3/c1-13(2)10-11-26-17-9-8-14(12-18(17)25-3)19(24)23-20-21-15-6-4-5-7-16(15)22-20/h4-9,12-13H,10-11H2,1-3H3,(H2,21,22,23,24). The molecule has 1 aromatic heterocycles. The number of nitrogens with one attached hydrogen (secondary N) is 2. The number of nitrogens with zero attached hydrogens (tertiary/aromatic N) is 1. The van der Waals surface area contributed by atoms with Gasteiger partial charge >= 0.3 is 0 Å². The van der Waals surface area contributed by atoms with Crippen molar-refractivity contribution < 1.29 is 14.3 Å². The Morgan fingerprint density at radius 3 is 2.73 bits per heavy atom. The van der Waals surface area contributed by atoms with Gasteiger partial charge in [-0.25, -0.2) is 4.98 Å². The van der Waals surface area contributed by atoms with Crippen molar-refractivity contribution in [2.45, 2.75) is 20.3 Å². The molecule has 0 saturated heterocycles. The summed E-state index contributed by atoms with van der Waals surface area (Å²) in [5.41, 5.74) is 2.14. The number of carbonyl (C=O) groups is 1. The number of rotatable bonds is 7. The number of H-pyrrole nitrogens is 1. The van der Waals surface area contributed by atoms with Gasteiger partial charge in [0.05, 0.1) is 24.8 Å². The number of anilines is 1. The van der Waals surface area contributed by atoms with Crippen LogP contribution in [-0.4, -0.2) is 29.6 Å². The van der Waals surface area contributed by atoms with Crippen LogP contribution in [0, 0.1) is 5.92 Å². The largest absolute Gasteiger partial charge is 0.493 e. The number of ether oxygens (including phenoxy) is 2. The number of amides is 1. The van der Waals surface area contributed by atoms with Crippen molar-refractivity contribution in [2.75, 3.05) is 19.0 Å². The van der Waals surface area contributed by atoms with E-state index in [0.717, 1.165) is 17.5 Å². The molecule has 0 spiro atoms. The van der Waals surface area contributed by atoms with Gasteiger partial charge in [0.15, 0.2) is 11.5 Å². The number of imidazole rings is 1. The fourth-order valence-electron chi connectivity index (χ4n) is 2.52. The van der Waals surface area contributed by atoms with Crippen LogP contribution in [0.2, 0.25) is 0 Å². The number of para-hydroxylation sites is 2. The lowest BCUT2D eigenvalue weighted by Crippen LogP contribution is -2.13. The maximum Gasteiger partial charge on any atom is 0.258 e. The summed E-state index contributed by atoms with van der Waals surface area (Å²) in [7, 11) is 1.56. The molecule has 0 radical (unpaired) electrons. The Hall–Kier alpha value is -3.02. The molecule has 3 rings (SSSR count). The molecule has 1 heterocycles. The van der Waals surface area contributed by atoms with Crippen molar-refractivity contribution in [2.24, 2.45) is 5.92 Å². The highest BCUT2D eigenvalue weighted by molar-refractivity contribution is 6.04. The molecule has 0 unspecified atom stereocenters. The molecule has 2 aromatic carbocycles. The molecule has 0 aliphatic rings. The van der Waals surface area contributed by atoms with Gasteiger partial charge in [-0.3, -0.25) is 10.1 Å². The van der Waals surface area contributed by atoms with Crippen molar-refractivity contribution >= 4 is 22.9 Å². The zero-order valence-electron chi connectivity index (χ0n) is 15.2. The second-order valence-electron chi connectivity index (χ2n) is 6.45. The van der Waals surface area contributed by atoms with E-state index in [1.807, 2.05) is 24.3 Å². The number of carbonyl (C=O) groups excluding carboxylic acids is 1. The molecule has 136 valence electrons. The Bertz CT molecular complexity index is 869. The van der Waals surface area contributed by atoms with Crippen molar-refractivity contribution in [1.29, 1.82) is 0 Å². The molecule has 3 aromatic rings. The lowest BCUT2D eigenvalue weighted by molar-refractivity contribution is 0.102. The molecule has 26 heavy (non-hydrogen) atoms. The summed E-state index contributed by atoms with van der Waals surface area (Å²) in [5, 5.41) is 2.77. The highest BCUT2D eigenvalue weighted by atomic mass is 16.5. The molecule has 0 fully saturated rings. The molecule has 6 nitrogen and oxygen atoms in total. The predicted octanol–water partition coefficient (Wildman–Crippen LogP) is 4.25. The fraction of sp³-hybridized carbons (Fsp3) is 0.300. The smallest absolute Gasteiger partial charge is 0.258 e. The van der Waals surface area contributed by atoms with E-state index in [4.69, 9.17) is 9.47 Å². The molecule has 0 bridgehead atoms. The third-order valence-electron chi connectivity index (χ3n) is 4.00. The van der Waals surface area contributed by atoms with Gasteiger partial charge in [-0.1, -0.05) is 26.0 Å². The number of benzene rings is 2. The van der Waals surface area contributed by atoms with Gasteiger partial charge in [0.25, 0.3) is 5.91 Å². The van der Waals surface area contributed by atoms with Crippen LogP contribution in [0.5, 0.6) is 11.5 Å². The maximum atomic E-state index is 12.5. The highest BCUT2D eigenvalue weighted by Crippen LogP contribution is 2.28. The number of hydrogen-bond donors (Lipinski definition) is 2. The van der Waals surface area contributed by atoms with Crippen LogP contribution in [0.25, 0.3) is 11.0 Å². The molecule has 6 heteroatoms. The maximum absolute atomic E-state index is 12.5. The summed E-state index contributed by atoms with van der Waals surface area (Å²) in [6.45, 7) is 4.90. The van der Waals surface area contributed by atoms with Gasteiger partial charge in [0.1, 0.15) is 0 Å². The number of fused-ring (bicyclic) bond motifs is 1. The van der Waals surface area contributed by atoms with E-state index >= 15 is 0 Å². The molecule has 1 amide bonds. The second-order valence-corrected chi connectivity index (χ2v) is 6.45. The highest BCUT2D eigenvalue weighted by Gasteiger charge is 2.13. The van der Waals surface area contributed by atoms with Crippen LogP contribution in [0.15, 0.2) is 42.5 Å². The van der Waals surface area contributed by atoms with Crippen LogP contribution in [0.3, 0.4) is 0 Å². The van der Waals surface area contributed by atoms with E-state index in [2.05, 4.69) is 29.1 Å². The topological polar surface area (TPSA) is 76.2 Å². The Morgan fingerprint density at radius 2 is 2.00 bits per heavy atom. The van der Waals surface area contributed by atoms with Crippen molar-refractivity contribution in [3.8, 4) is 11.5 Å². The number of aromatic nitrogens is 2. The number of hydrogen-bond acceptors (Lipinski definition) is 4. The fourth-order valence-corrected chi connectivity index (χ4v) is 2.52. The molecule has 2 N–H and O–H groups in total. The summed E-state index contributed by atoms with van der Waals surface area (Å²) in [4.78, 5) is 19.9. The first kappa shape index (κ1) is 17.8. The van der Waals surface area contributed by atoms with E-state index in [0.29, 0.717) is 35.5 Å². The van der Waals surface area contributed by atoms with Gasteiger partial charge in [0, 0.05) is 5.56 Å². The monoisotopic (exact) mass is 353 g/mol. The van der Waals surface area contributed by atoms with Crippen LogP contribution in [0.1, 0.15) is 30.6 Å². The Labute approximate surface area is 152 Å². The number of methoxy groups -OCH3 is 1. The Balaban J connectivity index is 1.72. The van der Waals surface area contributed by atoms with Crippen LogP contribution >= 0.6 is 0 Å². The average Bonchev–Trinajstić information content (AvgIpc) is 3.03. The van der Waals surface area contributed by atoms with E-state index in [1.54, 1.807) is 25.3 Å². The van der Waals surface area contributed by atoms with Gasteiger partial charge in [-0.2, -0.15) is 0 Å². The van der Waals surface area contributed by atoms with Gasteiger partial charge in [0.2, 0.25) is 5.95 Å². The van der Waals surface area contributed by atoms with E-state index < -0.39 is 0 Å². The molecule has 0 aliphatic carbocycles. The lowest BCUT2D eigenvalue weighted by atomic mass is 10.1. The SMILES string of the molecule is COc1cc(C(=O)Nc2nc3ccccc3[nH]2)ccc1OCCC(C)C. The predicted molar refractivity (Wildman–Crippen MR) is 102 cm³/mol. The second kappa shape index (κ2) is 7.91. The summed E-state index contributed by atoms with van der Waals surface area (Å²) in [6.07, 6.45) is 0.956. The van der Waals surface area contributed by atoms with Gasteiger partial charge < -0.3 is 14.5 Å². The summed E-state index contributed by atoms with van der Waals surface area (Å²) in [6, 6.07) is 12.7. The minimum absolute atomic E-state index is 0.268. The minimum atomic E-state index is -0.268. The third kappa shape index (κ3) is 4.14. The summed E-state index contributed by atoms with van der Waals surface area (Å²) < 4.78 is 11.1. The first-order valence-electron chi connectivity index (χ1n) is 8.63. The minimum Gasteiger partial charge on any atom is -0.493 e. The Kier molecular flexibility index (Phi) is 5.41. The van der Waals surface area contributed by atoms with Gasteiger partial charge in [-0.05, 0) is 42.7 Å². The van der Waals surface area contributed by atoms with E-state index in [9.17, 15) is 4.79 Å². The molecular weight excluding hydrogens is 330 g/mol. The summed E-state index contributed by atoms with van der Waals surface area (Å²) in [5.74, 6) is 1.87. The zero-order chi connectivity index (χ0) is 18.5. The Morgan fingerprint density at radius 1 is 1.19 bits per heavy atom. The molecule has 0 saturated carbocycles. The van der Waals surface area contributed by atoms with Gasteiger partial charge in [-0.15, -0.1) is 0 Å². The third-order valence-corrected chi connectivity index (χ3v) is 4.00. The molecule has 0 atom stereocenters. The zero-order valence-corrected chi connectivity index (χ0v) is 15.2. The van der Waals surface area contributed by atoms with Crippen LogP contribution in [0.4, 0.5) is 5.95 Å². The van der Waals surface area contributed by atoms with Crippen molar-refractivity contribution in [1.82, 2.24) is 9.97 Å². The van der Waals surface area contributed by atoms with Crippen LogP contribution < -0.4 is 14.8 Å². The quantitative estimate of drug-likeness (QED) is 0.666. The van der Waals surface area contributed by atoms with Crippen molar-refractivity contribution in [3.63, 3.8) is 0 Å².